The molecular formula is C19H21FN4O. The summed E-state index contributed by atoms with van der Waals surface area (Å²) < 4.78 is 12.9. The van der Waals surface area contributed by atoms with Crippen molar-refractivity contribution in [3.05, 3.63) is 59.5 Å². The fourth-order valence-electron chi connectivity index (χ4n) is 2.77. The number of carbonyl (C=O) groups is 1. The second kappa shape index (κ2) is 7.88. The molecule has 0 radical (unpaired) electrons. The standard InChI is InChI=1S/C19H21FN4O/c1-15-3-9-18(22-21-15)23-11-2-12-24(14-13-23)19(25)10-6-16-4-7-17(20)8-5-16/h3-10H,2,11-14H2,1H3/b10-6+. The predicted octanol–water partition coefficient (Wildman–Crippen LogP) is 2.68. The highest BCUT2D eigenvalue weighted by Crippen LogP contribution is 2.13. The first-order valence-electron chi connectivity index (χ1n) is 8.40. The molecule has 1 saturated heterocycles. The van der Waals surface area contributed by atoms with Gasteiger partial charge in [-0.3, -0.25) is 4.79 Å². The molecule has 1 aliphatic rings. The van der Waals surface area contributed by atoms with E-state index in [9.17, 15) is 9.18 Å². The van der Waals surface area contributed by atoms with Crippen molar-refractivity contribution >= 4 is 17.8 Å². The molecule has 1 aromatic carbocycles. The van der Waals surface area contributed by atoms with Crippen molar-refractivity contribution in [1.82, 2.24) is 15.1 Å². The Morgan fingerprint density at radius 3 is 2.56 bits per heavy atom. The molecular weight excluding hydrogens is 319 g/mol. The summed E-state index contributed by atoms with van der Waals surface area (Å²) in [6.07, 6.45) is 4.15. The van der Waals surface area contributed by atoms with Gasteiger partial charge in [0.2, 0.25) is 5.91 Å². The van der Waals surface area contributed by atoms with E-state index >= 15 is 0 Å². The number of nitrogens with zero attached hydrogens (tertiary/aromatic N) is 4. The average molecular weight is 340 g/mol. The van der Waals surface area contributed by atoms with Crippen LogP contribution in [-0.2, 0) is 4.79 Å². The summed E-state index contributed by atoms with van der Waals surface area (Å²) in [6, 6.07) is 9.99. The Labute approximate surface area is 146 Å². The summed E-state index contributed by atoms with van der Waals surface area (Å²) in [5, 5.41) is 8.32. The molecule has 2 aromatic rings. The summed E-state index contributed by atoms with van der Waals surface area (Å²) in [6.45, 7) is 4.84. The van der Waals surface area contributed by atoms with Crippen molar-refractivity contribution < 1.29 is 9.18 Å². The number of anilines is 1. The van der Waals surface area contributed by atoms with Crippen LogP contribution in [0.25, 0.3) is 6.08 Å². The number of rotatable bonds is 3. The van der Waals surface area contributed by atoms with E-state index in [0.717, 1.165) is 36.6 Å². The van der Waals surface area contributed by atoms with Crippen LogP contribution in [0.4, 0.5) is 10.2 Å². The molecule has 2 heterocycles. The van der Waals surface area contributed by atoms with Crippen molar-refractivity contribution in [2.45, 2.75) is 13.3 Å². The topological polar surface area (TPSA) is 49.3 Å². The number of aromatic nitrogens is 2. The normalized spacial score (nSPS) is 15.4. The third kappa shape index (κ3) is 4.62. The van der Waals surface area contributed by atoms with Crippen LogP contribution in [0.3, 0.4) is 0 Å². The monoisotopic (exact) mass is 340 g/mol. The zero-order valence-corrected chi connectivity index (χ0v) is 14.2. The van der Waals surface area contributed by atoms with E-state index in [1.165, 1.54) is 12.1 Å². The van der Waals surface area contributed by atoms with E-state index in [0.29, 0.717) is 13.1 Å². The SMILES string of the molecule is Cc1ccc(N2CCCN(C(=O)/C=C/c3ccc(F)cc3)CC2)nn1. The van der Waals surface area contributed by atoms with E-state index in [4.69, 9.17) is 0 Å². The van der Waals surface area contributed by atoms with Gasteiger partial charge in [0.15, 0.2) is 5.82 Å². The third-order valence-electron chi connectivity index (χ3n) is 4.20. The van der Waals surface area contributed by atoms with Gasteiger partial charge >= 0.3 is 0 Å². The van der Waals surface area contributed by atoms with Crippen LogP contribution >= 0.6 is 0 Å². The number of halogens is 1. The maximum absolute atomic E-state index is 12.9. The molecule has 25 heavy (non-hydrogen) atoms. The van der Waals surface area contributed by atoms with Gasteiger partial charge in [0, 0.05) is 32.3 Å². The summed E-state index contributed by atoms with van der Waals surface area (Å²) in [5.74, 6) is 0.540. The summed E-state index contributed by atoms with van der Waals surface area (Å²) in [5.41, 5.74) is 1.70. The molecule has 130 valence electrons. The number of benzene rings is 1. The minimum Gasteiger partial charge on any atom is -0.353 e. The van der Waals surface area contributed by atoms with Gasteiger partial charge in [0.25, 0.3) is 0 Å². The minimum atomic E-state index is -0.282. The molecule has 1 fully saturated rings. The molecule has 1 aromatic heterocycles. The Morgan fingerprint density at radius 2 is 1.84 bits per heavy atom. The number of carbonyl (C=O) groups excluding carboxylic acids is 1. The van der Waals surface area contributed by atoms with Crippen molar-refractivity contribution in [2.75, 3.05) is 31.1 Å². The molecule has 0 atom stereocenters. The largest absolute Gasteiger partial charge is 0.353 e. The molecule has 0 aliphatic carbocycles. The smallest absolute Gasteiger partial charge is 0.246 e. The lowest BCUT2D eigenvalue weighted by atomic mass is 10.2. The quantitative estimate of drug-likeness (QED) is 0.806. The lowest BCUT2D eigenvalue weighted by Crippen LogP contribution is -2.34. The molecule has 0 spiro atoms. The second-order valence-electron chi connectivity index (χ2n) is 6.08. The molecule has 0 saturated carbocycles. The van der Waals surface area contributed by atoms with Gasteiger partial charge in [-0.25, -0.2) is 4.39 Å². The number of hydrogen-bond acceptors (Lipinski definition) is 4. The zero-order valence-electron chi connectivity index (χ0n) is 14.2. The summed E-state index contributed by atoms with van der Waals surface area (Å²) in [4.78, 5) is 16.4. The Bertz CT molecular complexity index is 743. The van der Waals surface area contributed by atoms with Crippen molar-refractivity contribution in [1.29, 1.82) is 0 Å². The first kappa shape index (κ1) is 17.1. The Hall–Kier alpha value is -2.76. The second-order valence-corrected chi connectivity index (χ2v) is 6.08. The van der Waals surface area contributed by atoms with Crippen LogP contribution in [-0.4, -0.2) is 47.2 Å². The molecule has 1 aliphatic heterocycles. The maximum atomic E-state index is 12.9. The third-order valence-corrected chi connectivity index (χ3v) is 4.20. The highest BCUT2D eigenvalue weighted by molar-refractivity contribution is 5.91. The summed E-state index contributed by atoms with van der Waals surface area (Å²) >= 11 is 0. The van der Waals surface area contributed by atoms with E-state index in [-0.39, 0.29) is 11.7 Å². The molecule has 6 heteroatoms. The van der Waals surface area contributed by atoms with Crippen LogP contribution in [0.15, 0.2) is 42.5 Å². The van der Waals surface area contributed by atoms with E-state index < -0.39 is 0 Å². The van der Waals surface area contributed by atoms with Gasteiger partial charge in [-0.05, 0) is 49.2 Å². The van der Waals surface area contributed by atoms with Gasteiger partial charge in [0.1, 0.15) is 5.82 Å². The van der Waals surface area contributed by atoms with Crippen molar-refractivity contribution in [3.63, 3.8) is 0 Å². The number of hydrogen-bond donors (Lipinski definition) is 0. The molecule has 0 bridgehead atoms. The molecule has 1 amide bonds. The summed E-state index contributed by atoms with van der Waals surface area (Å²) in [7, 11) is 0. The first-order chi connectivity index (χ1) is 12.1. The van der Waals surface area contributed by atoms with Gasteiger partial charge in [0.05, 0.1) is 5.69 Å². The average Bonchev–Trinajstić information content (AvgIpc) is 2.88. The Balaban J connectivity index is 1.59. The van der Waals surface area contributed by atoms with Crippen molar-refractivity contribution in [3.8, 4) is 0 Å². The number of amides is 1. The molecule has 5 nitrogen and oxygen atoms in total. The van der Waals surface area contributed by atoms with Gasteiger partial charge in [-0.1, -0.05) is 12.1 Å². The zero-order chi connectivity index (χ0) is 17.6. The van der Waals surface area contributed by atoms with Crippen molar-refractivity contribution in [2.24, 2.45) is 0 Å². The van der Waals surface area contributed by atoms with Crippen LogP contribution in [0.1, 0.15) is 17.7 Å². The Kier molecular flexibility index (Phi) is 5.38. The molecule has 0 N–H and O–H groups in total. The first-order valence-corrected chi connectivity index (χ1v) is 8.40. The lowest BCUT2D eigenvalue weighted by Gasteiger charge is -2.21. The highest BCUT2D eigenvalue weighted by atomic mass is 19.1. The van der Waals surface area contributed by atoms with Crippen LogP contribution < -0.4 is 4.90 Å². The van der Waals surface area contributed by atoms with E-state index in [1.807, 2.05) is 24.0 Å². The minimum absolute atomic E-state index is 0.0267. The predicted molar refractivity (Wildman–Crippen MR) is 95.6 cm³/mol. The lowest BCUT2D eigenvalue weighted by molar-refractivity contribution is -0.125. The van der Waals surface area contributed by atoms with E-state index in [1.54, 1.807) is 24.3 Å². The highest BCUT2D eigenvalue weighted by Gasteiger charge is 2.18. The maximum Gasteiger partial charge on any atom is 0.246 e. The van der Waals surface area contributed by atoms with Gasteiger partial charge in [-0.2, -0.15) is 5.10 Å². The van der Waals surface area contributed by atoms with Crippen LogP contribution in [0.2, 0.25) is 0 Å². The fourth-order valence-corrected chi connectivity index (χ4v) is 2.77. The Morgan fingerprint density at radius 1 is 1.04 bits per heavy atom. The fraction of sp³-hybridized carbons (Fsp3) is 0.316. The van der Waals surface area contributed by atoms with E-state index in [2.05, 4.69) is 15.1 Å². The van der Waals surface area contributed by atoms with Gasteiger partial charge in [-0.15, -0.1) is 5.10 Å². The van der Waals surface area contributed by atoms with Gasteiger partial charge < -0.3 is 9.80 Å². The van der Waals surface area contributed by atoms with Crippen LogP contribution in [0.5, 0.6) is 0 Å². The molecule has 0 unspecified atom stereocenters. The van der Waals surface area contributed by atoms with Crippen LogP contribution in [0, 0.1) is 12.7 Å². The molecule has 3 rings (SSSR count). The number of aryl methyl sites for hydroxylation is 1.